The van der Waals surface area contributed by atoms with Gasteiger partial charge in [-0.1, -0.05) is 26.2 Å². The van der Waals surface area contributed by atoms with E-state index in [2.05, 4.69) is 13.2 Å². The van der Waals surface area contributed by atoms with Crippen LogP contribution in [0.3, 0.4) is 0 Å². The zero-order valence-corrected chi connectivity index (χ0v) is 12.6. The van der Waals surface area contributed by atoms with Gasteiger partial charge in [0.2, 0.25) is 5.91 Å². The number of piperidine rings is 1. The highest BCUT2D eigenvalue weighted by Gasteiger charge is 2.26. The summed E-state index contributed by atoms with van der Waals surface area (Å²) < 4.78 is 0. The van der Waals surface area contributed by atoms with Crippen molar-refractivity contribution in [1.82, 2.24) is 9.80 Å². The topological polar surface area (TPSA) is 60.9 Å². The number of carbonyl (C=O) groups is 2. The van der Waals surface area contributed by atoms with Crippen molar-refractivity contribution in [3.8, 4) is 0 Å². The molecule has 0 saturated carbocycles. The van der Waals surface area contributed by atoms with Crippen LogP contribution < -0.4 is 0 Å². The van der Waals surface area contributed by atoms with Crippen molar-refractivity contribution in [2.45, 2.75) is 26.2 Å². The first-order valence-corrected chi connectivity index (χ1v) is 7.26. The minimum Gasteiger partial charge on any atom is -0.465 e. The second kappa shape index (κ2) is 8.29. The normalized spacial score (nSPS) is 19.0. The molecular formula is C16H24N2O3. The average Bonchev–Trinajstić information content (AvgIpc) is 2.50. The minimum absolute atomic E-state index is 0.00967. The second-order valence-corrected chi connectivity index (χ2v) is 5.13. The number of carbonyl (C=O) groups excluding carboxylic acids is 1. The van der Waals surface area contributed by atoms with Crippen molar-refractivity contribution >= 4 is 12.0 Å². The zero-order chi connectivity index (χ0) is 15.8. The summed E-state index contributed by atoms with van der Waals surface area (Å²) in [5.41, 5.74) is 0.712. The molecule has 1 aliphatic heterocycles. The predicted octanol–water partition coefficient (Wildman–Crippen LogP) is 2.87. The molecular weight excluding hydrogens is 268 g/mol. The van der Waals surface area contributed by atoms with Gasteiger partial charge in [-0.05, 0) is 30.9 Å². The quantitative estimate of drug-likeness (QED) is 0.766. The van der Waals surface area contributed by atoms with Gasteiger partial charge >= 0.3 is 6.09 Å². The Balaban J connectivity index is 2.83. The third kappa shape index (κ3) is 4.77. The van der Waals surface area contributed by atoms with E-state index in [9.17, 15) is 9.59 Å². The van der Waals surface area contributed by atoms with Gasteiger partial charge in [0, 0.05) is 31.8 Å². The summed E-state index contributed by atoms with van der Waals surface area (Å²) in [6.45, 7) is 10.8. The number of hydrogen-bond donors (Lipinski definition) is 1. The Labute approximate surface area is 126 Å². The molecule has 0 aromatic rings. The molecule has 1 saturated heterocycles. The minimum atomic E-state index is -0.890. The third-order valence-electron chi connectivity index (χ3n) is 3.64. The van der Waals surface area contributed by atoms with Crippen molar-refractivity contribution in [2.24, 2.45) is 5.92 Å². The fraction of sp³-hybridized carbons (Fsp3) is 0.500. The number of rotatable bonds is 6. The van der Waals surface area contributed by atoms with Crippen LogP contribution in [0.15, 0.2) is 37.1 Å². The van der Waals surface area contributed by atoms with Gasteiger partial charge < -0.3 is 14.9 Å². The molecule has 1 heterocycles. The molecule has 5 nitrogen and oxygen atoms in total. The maximum atomic E-state index is 12.1. The van der Waals surface area contributed by atoms with Crippen molar-refractivity contribution in [3.05, 3.63) is 37.1 Å². The highest BCUT2D eigenvalue weighted by atomic mass is 16.4. The molecule has 0 aromatic heterocycles. The Hall–Kier alpha value is -2.04. The van der Waals surface area contributed by atoms with E-state index in [1.165, 1.54) is 4.90 Å². The largest absolute Gasteiger partial charge is 0.465 e. The van der Waals surface area contributed by atoms with Gasteiger partial charge in [-0.3, -0.25) is 4.79 Å². The zero-order valence-electron chi connectivity index (χ0n) is 12.6. The first-order valence-electron chi connectivity index (χ1n) is 7.26. The van der Waals surface area contributed by atoms with E-state index < -0.39 is 6.09 Å². The smallest absolute Gasteiger partial charge is 0.407 e. The van der Waals surface area contributed by atoms with E-state index in [0.29, 0.717) is 31.8 Å². The summed E-state index contributed by atoms with van der Waals surface area (Å²) in [7, 11) is 0. The molecule has 1 N–H and O–H groups in total. The summed E-state index contributed by atoms with van der Waals surface area (Å²) in [6.07, 6.45) is 6.27. The molecule has 0 aliphatic carbocycles. The number of carboxylic acid groups (broad SMARTS) is 1. The second-order valence-electron chi connectivity index (χ2n) is 5.13. The van der Waals surface area contributed by atoms with Crippen LogP contribution in [0.2, 0.25) is 0 Å². The molecule has 1 fully saturated rings. The van der Waals surface area contributed by atoms with Gasteiger partial charge in [0.1, 0.15) is 0 Å². The average molecular weight is 292 g/mol. The fourth-order valence-electron chi connectivity index (χ4n) is 2.58. The lowest BCUT2D eigenvalue weighted by molar-refractivity contribution is -0.129. The van der Waals surface area contributed by atoms with Crippen molar-refractivity contribution < 1.29 is 14.7 Å². The Kier molecular flexibility index (Phi) is 6.72. The summed E-state index contributed by atoms with van der Waals surface area (Å²) in [5.74, 6) is 0.161. The molecule has 2 amide bonds. The molecule has 5 heteroatoms. The highest BCUT2D eigenvalue weighted by Crippen LogP contribution is 2.20. The monoisotopic (exact) mass is 292 g/mol. The van der Waals surface area contributed by atoms with Gasteiger partial charge in [-0.25, -0.2) is 4.79 Å². The summed E-state index contributed by atoms with van der Waals surface area (Å²) in [6, 6.07) is 0. The Morgan fingerprint density at radius 3 is 2.67 bits per heavy atom. The van der Waals surface area contributed by atoms with Crippen LogP contribution in [0.4, 0.5) is 4.79 Å². The van der Waals surface area contributed by atoms with Crippen molar-refractivity contribution in [1.29, 1.82) is 0 Å². The summed E-state index contributed by atoms with van der Waals surface area (Å²) >= 11 is 0. The standard InChI is InChI=1S/C16H24N2O3/c1-4-8-14(5-2)18(15(19)6-3)12-13-9-7-10-17(11-13)16(20)21/h4-5,8,13H,1-2,6-7,9-12H2,3H3,(H,20,21)/b14-8+. The first kappa shape index (κ1) is 17.0. The summed E-state index contributed by atoms with van der Waals surface area (Å²) in [5, 5.41) is 9.09. The molecule has 0 radical (unpaired) electrons. The molecule has 21 heavy (non-hydrogen) atoms. The predicted molar refractivity (Wildman–Crippen MR) is 82.8 cm³/mol. The van der Waals surface area contributed by atoms with Gasteiger partial charge in [0.25, 0.3) is 0 Å². The number of allylic oxidation sites excluding steroid dienone is 3. The van der Waals surface area contributed by atoms with Crippen molar-refractivity contribution in [3.63, 3.8) is 0 Å². The van der Waals surface area contributed by atoms with E-state index >= 15 is 0 Å². The molecule has 1 atom stereocenters. The maximum Gasteiger partial charge on any atom is 0.407 e. The molecule has 0 spiro atoms. The lowest BCUT2D eigenvalue weighted by Gasteiger charge is -2.34. The van der Waals surface area contributed by atoms with Crippen LogP contribution in [0, 0.1) is 5.92 Å². The number of likely N-dealkylation sites (tertiary alicyclic amines) is 1. The summed E-state index contributed by atoms with van der Waals surface area (Å²) in [4.78, 5) is 26.3. The molecule has 1 unspecified atom stereocenters. The van der Waals surface area contributed by atoms with Crippen molar-refractivity contribution in [2.75, 3.05) is 19.6 Å². The Morgan fingerprint density at radius 2 is 2.14 bits per heavy atom. The first-order chi connectivity index (χ1) is 10.0. The lowest BCUT2D eigenvalue weighted by Crippen LogP contribution is -2.44. The van der Waals surface area contributed by atoms with Gasteiger partial charge in [0.15, 0.2) is 0 Å². The van der Waals surface area contributed by atoms with Crippen LogP contribution in [-0.2, 0) is 4.79 Å². The van der Waals surface area contributed by atoms with E-state index in [4.69, 9.17) is 5.11 Å². The van der Waals surface area contributed by atoms with Crippen LogP contribution in [0.25, 0.3) is 0 Å². The van der Waals surface area contributed by atoms with Gasteiger partial charge in [-0.2, -0.15) is 0 Å². The lowest BCUT2D eigenvalue weighted by atomic mass is 9.97. The SMILES string of the molecule is C=C/C=C(\C=C)N(CC1CCCN(C(=O)O)C1)C(=O)CC. The Bertz CT molecular complexity index is 443. The van der Waals surface area contributed by atoms with Crippen LogP contribution >= 0.6 is 0 Å². The Morgan fingerprint density at radius 1 is 1.43 bits per heavy atom. The van der Waals surface area contributed by atoms with E-state index in [0.717, 1.165) is 12.8 Å². The van der Waals surface area contributed by atoms with Crippen LogP contribution in [0.1, 0.15) is 26.2 Å². The van der Waals surface area contributed by atoms with E-state index in [-0.39, 0.29) is 11.8 Å². The van der Waals surface area contributed by atoms with Crippen LogP contribution in [-0.4, -0.2) is 46.5 Å². The van der Waals surface area contributed by atoms with E-state index in [1.54, 1.807) is 23.1 Å². The number of amides is 2. The number of nitrogens with zero attached hydrogens (tertiary/aromatic N) is 2. The molecule has 0 aromatic carbocycles. The van der Waals surface area contributed by atoms with Gasteiger partial charge in [0.05, 0.1) is 0 Å². The molecule has 116 valence electrons. The van der Waals surface area contributed by atoms with E-state index in [1.807, 2.05) is 6.92 Å². The molecule has 0 bridgehead atoms. The van der Waals surface area contributed by atoms with Gasteiger partial charge in [-0.15, -0.1) is 0 Å². The number of hydrogen-bond acceptors (Lipinski definition) is 2. The van der Waals surface area contributed by atoms with Crippen LogP contribution in [0.5, 0.6) is 0 Å². The highest BCUT2D eigenvalue weighted by molar-refractivity contribution is 5.78. The molecule has 1 rings (SSSR count). The fourth-order valence-corrected chi connectivity index (χ4v) is 2.58. The molecule has 1 aliphatic rings. The maximum absolute atomic E-state index is 12.1. The third-order valence-corrected chi connectivity index (χ3v) is 3.64.